The summed E-state index contributed by atoms with van der Waals surface area (Å²) in [5, 5.41) is 18.2. The molecule has 0 atom stereocenters. The number of ether oxygens (including phenoxy) is 2. The number of carbonyl (C=O) groups is 1. The van der Waals surface area contributed by atoms with Crippen LogP contribution in [-0.4, -0.2) is 12.6 Å². The Kier molecular flexibility index (Phi) is 5.38. The van der Waals surface area contributed by atoms with E-state index in [0.29, 0.717) is 0 Å². The van der Waals surface area contributed by atoms with E-state index in [-0.39, 0.29) is 47.1 Å². The zero-order valence-electron chi connectivity index (χ0n) is 14.8. The van der Waals surface area contributed by atoms with E-state index in [1.807, 2.05) is 12.1 Å². The van der Waals surface area contributed by atoms with Crippen LogP contribution in [0.2, 0.25) is 0 Å². The summed E-state index contributed by atoms with van der Waals surface area (Å²) in [5.41, 5.74) is 1.41. The molecule has 0 spiro atoms. The van der Waals surface area contributed by atoms with E-state index in [0.717, 1.165) is 18.4 Å². The SMILES string of the molecule is CCOC(=O)Cc1ccc(C2CC2)c(Oc2cc(C#N)cc(C#N)c2)c1F. The molecule has 3 rings (SSSR count). The molecule has 6 heteroatoms. The second-order valence-corrected chi connectivity index (χ2v) is 6.28. The van der Waals surface area contributed by atoms with Gasteiger partial charge >= 0.3 is 5.97 Å². The molecule has 0 aromatic heterocycles. The molecule has 0 heterocycles. The van der Waals surface area contributed by atoms with Crippen LogP contribution in [0.15, 0.2) is 30.3 Å². The van der Waals surface area contributed by atoms with Gasteiger partial charge in [-0.2, -0.15) is 10.5 Å². The Balaban J connectivity index is 1.99. The Bertz CT molecular complexity index is 936. The van der Waals surface area contributed by atoms with Crippen molar-refractivity contribution in [3.05, 3.63) is 58.4 Å². The first kappa shape index (κ1) is 18.4. The molecule has 0 saturated heterocycles. The highest BCUT2D eigenvalue weighted by Gasteiger charge is 2.30. The first-order chi connectivity index (χ1) is 13.0. The third-order valence-corrected chi connectivity index (χ3v) is 4.25. The maximum Gasteiger partial charge on any atom is 0.310 e. The van der Waals surface area contributed by atoms with E-state index < -0.39 is 11.8 Å². The van der Waals surface area contributed by atoms with E-state index in [4.69, 9.17) is 20.0 Å². The van der Waals surface area contributed by atoms with Crippen LogP contribution >= 0.6 is 0 Å². The standard InChI is InChI=1S/C21H17FN2O3/c1-2-26-19(25)10-16-5-6-18(15-3-4-15)21(20(16)22)27-17-8-13(11-23)7-14(9-17)12-24/h5-9,15H,2-4,10H2,1H3. The summed E-state index contributed by atoms with van der Waals surface area (Å²) in [6.07, 6.45) is 1.69. The Morgan fingerprint density at radius 3 is 2.41 bits per heavy atom. The smallest absolute Gasteiger partial charge is 0.310 e. The molecule has 1 aliphatic carbocycles. The first-order valence-corrected chi connectivity index (χ1v) is 8.65. The summed E-state index contributed by atoms with van der Waals surface area (Å²) < 4.78 is 25.8. The first-order valence-electron chi connectivity index (χ1n) is 8.65. The fraction of sp³-hybridized carbons (Fsp3) is 0.286. The number of hydrogen-bond acceptors (Lipinski definition) is 5. The van der Waals surface area contributed by atoms with Crippen molar-refractivity contribution in [1.29, 1.82) is 10.5 Å². The van der Waals surface area contributed by atoms with Gasteiger partial charge in [0.15, 0.2) is 11.6 Å². The summed E-state index contributed by atoms with van der Waals surface area (Å²) in [6.45, 7) is 1.91. The summed E-state index contributed by atoms with van der Waals surface area (Å²) >= 11 is 0. The van der Waals surface area contributed by atoms with Crippen LogP contribution in [-0.2, 0) is 16.0 Å². The average molecular weight is 364 g/mol. The molecule has 2 aromatic rings. The second-order valence-electron chi connectivity index (χ2n) is 6.28. The van der Waals surface area contributed by atoms with Gasteiger partial charge in [0.1, 0.15) is 5.75 Å². The Morgan fingerprint density at radius 2 is 1.85 bits per heavy atom. The quantitative estimate of drug-likeness (QED) is 0.712. The van der Waals surface area contributed by atoms with Crippen LogP contribution in [0.25, 0.3) is 0 Å². The molecule has 0 N–H and O–H groups in total. The molecule has 2 aromatic carbocycles. The van der Waals surface area contributed by atoms with Crippen molar-refractivity contribution in [2.45, 2.75) is 32.1 Å². The van der Waals surface area contributed by atoms with Crippen molar-refractivity contribution in [2.24, 2.45) is 0 Å². The van der Waals surface area contributed by atoms with Gasteiger partial charge in [0, 0.05) is 11.1 Å². The highest BCUT2D eigenvalue weighted by molar-refractivity contribution is 5.73. The predicted octanol–water partition coefficient (Wildman–Crippen LogP) is 4.34. The summed E-state index contributed by atoms with van der Waals surface area (Å²) in [5.74, 6) is -0.674. The second kappa shape index (κ2) is 7.88. The molecule has 0 unspecified atom stereocenters. The van der Waals surface area contributed by atoms with E-state index in [2.05, 4.69) is 0 Å². The summed E-state index contributed by atoms with van der Waals surface area (Å²) in [7, 11) is 0. The molecule has 0 bridgehead atoms. The van der Waals surface area contributed by atoms with E-state index >= 15 is 4.39 Å². The maximum atomic E-state index is 15.1. The molecule has 1 aliphatic rings. The van der Waals surface area contributed by atoms with Gasteiger partial charge in [0.2, 0.25) is 0 Å². The number of nitriles is 2. The van der Waals surface area contributed by atoms with Crippen LogP contribution in [0.1, 0.15) is 47.9 Å². The minimum Gasteiger partial charge on any atom is -0.466 e. The van der Waals surface area contributed by atoms with Gasteiger partial charge in [-0.15, -0.1) is 0 Å². The number of benzene rings is 2. The highest BCUT2D eigenvalue weighted by atomic mass is 19.1. The number of rotatable bonds is 6. The Labute approximate surface area is 156 Å². The van der Waals surface area contributed by atoms with Gasteiger partial charge < -0.3 is 9.47 Å². The van der Waals surface area contributed by atoms with E-state index in [1.54, 1.807) is 19.1 Å². The van der Waals surface area contributed by atoms with Gasteiger partial charge in [0.25, 0.3) is 0 Å². The molecule has 0 amide bonds. The third-order valence-electron chi connectivity index (χ3n) is 4.25. The minimum absolute atomic E-state index is 0.0401. The maximum absolute atomic E-state index is 15.1. The van der Waals surface area contributed by atoms with Gasteiger partial charge in [-0.3, -0.25) is 4.79 Å². The zero-order valence-corrected chi connectivity index (χ0v) is 14.8. The van der Waals surface area contributed by atoms with E-state index in [1.165, 1.54) is 18.2 Å². The molecule has 136 valence electrons. The highest BCUT2D eigenvalue weighted by Crippen LogP contribution is 2.46. The van der Waals surface area contributed by atoms with Crippen molar-refractivity contribution in [3.63, 3.8) is 0 Å². The lowest BCUT2D eigenvalue weighted by Crippen LogP contribution is -2.10. The van der Waals surface area contributed by atoms with Crippen LogP contribution in [0.3, 0.4) is 0 Å². The minimum atomic E-state index is -0.617. The molecule has 1 fully saturated rings. The summed E-state index contributed by atoms with van der Waals surface area (Å²) in [4.78, 5) is 11.7. The normalized spacial score (nSPS) is 12.7. The monoisotopic (exact) mass is 364 g/mol. The van der Waals surface area contributed by atoms with Crippen molar-refractivity contribution in [1.82, 2.24) is 0 Å². The molecule has 27 heavy (non-hydrogen) atoms. The van der Waals surface area contributed by atoms with Gasteiger partial charge in [-0.05, 0) is 43.9 Å². The summed E-state index contributed by atoms with van der Waals surface area (Å²) in [6, 6.07) is 11.6. The lowest BCUT2D eigenvalue weighted by Gasteiger charge is -2.15. The molecule has 0 aliphatic heterocycles. The molecule has 0 radical (unpaired) electrons. The van der Waals surface area contributed by atoms with Crippen LogP contribution in [0.4, 0.5) is 4.39 Å². The molecular weight excluding hydrogens is 347 g/mol. The fourth-order valence-corrected chi connectivity index (χ4v) is 2.84. The average Bonchev–Trinajstić information content (AvgIpc) is 3.50. The lowest BCUT2D eigenvalue weighted by molar-refractivity contribution is -0.142. The number of nitrogens with zero attached hydrogens (tertiary/aromatic N) is 2. The van der Waals surface area contributed by atoms with Crippen molar-refractivity contribution < 1.29 is 18.7 Å². The van der Waals surface area contributed by atoms with Crippen LogP contribution in [0.5, 0.6) is 11.5 Å². The Hall–Kier alpha value is -3.38. The predicted molar refractivity (Wildman–Crippen MR) is 94.7 cm³/mol. The molecule has 1 saturated carbocycles. The fourth-order valence-electron chi connectivity index (χ4n) is 2.84. The Morgan fingerprint density at radius 1 is 1.19 bits per heavy atom. The van der Waals surface area contributed by atoms with Crippen LogP contribution < -0.4 is 4.74 Å². The number of hydrogen-bond donors (Lipinski definition) is 0. The molecule has 5 nitrogen and oxygen atoms in total. The van der Waals surface area contributed by atoms with Gasteiger partial charge in [-0.1, -0.05) is 12.1 Å². The lowest BCUT2D eigenvalue weighted by atomic mass is 10.0. The number of carbonyl (C=O) groups excluding carboxylic acids is 1. The van der Waals surface area contributed by atoms with E-state index in [9.17, 15) is 4.79 Å². The van der Waals surface area contributed by atoms with Gasteiger partial charge in [0.05, 0.1) is 36.3 Å². The van der Waals surface area contributed by atoms with Crippen molar-refractivity contribution in [3.8, 4) is 23.6 Å². The topological polar surface area (TPSA) is 83.1 Å². The number of halogens is 1. The van der Waals surface area contributed by atoms with Gasteiger partial charge in [-0.25, -0.2) is 4.39 Å². The van der Waals surface area contributed by atoms with Crippen molar-refractivity contribution in [2.75, 3.05) is 6.61 Å². The van der Waals surface area contributed by atoms with Crippen molar-refractivity contribution >= 4 is 5.97 Å². The third kappa shape index (κ3) is 4.24. The number of esters is 1. The largest absolute Gasteiger partial charge is 0.466 e. The zero-order chi connectivity index (χ0) is 19.4. The molecular formula is C21H17FN2O3. The van der Waals surface area contributed by atoms with Crippen LogP contribution in [0, 0.1) is 28.5 Å².